The molecule has 3 N–H and O–H groups in total. The van der Waals surface area contributed by atoms with Gasteiger partial charge < -0.3 is 11.1 Å². The Morgan fingerprint density at radius 3 is 2.55 bits per heavy atom. The van der Waals surface area contributed by atoms with E-state index in [1.54, 1.807) is 16.8 Å². The third kappa shape index (κ3) is 4.36. The van der Waals surface area contributed by atoms with Gasteiger partial charge in [-0.05, 0) is 29.7 Å². The number of aryl methyl sites for hydroxylation is 1. The van der Waals surface area contributed by atoms with Gasteiger partial charge >= 0.3 is 0 Å². The molecule has 1 aromatic carbocycles. The van der Waals surface area contributed by atoms with Crippen LogP contribution in [0.3, 0.4) is 0 Å². The molecule has 0 spiro atoms. The van der Waals surface area contributed by atoms with E-state index in [1.807, 2.05) is 31.6 Å². The van der Waals surface area contributed by atoms with Gasteiger partial charge in [-0.25, -0.2) is 0 Å². The van der Waals surface area contributed by atoms with Gasteiger partial charge in [-0.1, -0.05) is 12.1 Å². The standard InChI is InChI=1S/C14H18N4O.ClH/c1-18-10-12(9-17-18)6-7-16-14(19)13-4-2-11(8-15)3-5-13;/h2-5,9-10H,6-8,15H2,1H3,(H,16,19);1H. The summed E-state index contributed by atoms with van der Waals surface area (Å²) in [4.78, 5) is 11.9. The smallest absolute Gasteiger partial charge is 0.251 e. The number of rotatable bonds is 5. The largest absolute Gasteiger partial charge is 0.352 e. The number of benzene rings is 1. The summed E-state index contributed by atoms with van der Waals surface area (Å²) < 4.78 is 1.75. The van der Waals surface area contributed by atoms with Crippen LogP contribution in [0.4, 0.5) is 0 Å². The van der Waals surface area contributed by atoms with Gasteiger partial charge in [-0.3, -0.25) is 9.48 Å². The first-order valence-corrected chi connectivity index (χ1v) is 6.24. The number of nitrogens with zero attached hydrogens (tertiary/aromatic N) is 2. The molecule has 0 saturated carbocycles. The molecule has 2 rings (SSSR count). The SMILES string of the molecule is Cl.Cn1cc(CCNC(=O)c2ccc(CN)cc2)cn1. The molecule has 20 heavy (non-hydrogen) atoms. The van der Waals surface area contributed by atoms with Crippen molar-refractivity contribution in [3.05, 3.63) is 53.3 Å². The van der Waals surface area contributed by atoms with Crippen LogP contribution in [0.1, 0.15) is 21.5 Å². The number of hydrogen-bond donors (Lipinski definition) is 2. The molecule has 1 amide bonds. The summed E-state index contributed by atoms with van der Waals surface area (Å²) in [6.45, 7) is 1.09. The maximum Gasteiger partial charge on any atom is 0.251 e. The Morgan fingerprint density at radius 1 is 1.30 bits per heavy atom. The van der Waals surface area contributed by atoms with E-state index in [9.17, 15) is 4.79 Å². The third-order valence-corrected chi connectivity index (χ3v) is 2.91. The molecule has 0 aliphatic carbocycles. The van der Waals surface area contributed by atoms with Crippen LogP contribution in [-0.2, 0) is 20.0 Å². The Hall–Kier alpha value is -1.85. The molecule has 6 heteroatoms. The first-order valence-electron chi connectivity index (χ1n) is 6.24. The first kappa shape index (κ1) is 16.2. The van der Waals surface area contributed by atoms with Crippen LogP contribution >= 0.6 is 12.4 Å². The summed E-state index contributed by atoms with van der Waals surface area (Å²) in [6, 6.07) is 7.33. The Balaban J connectivity index is 0.00000200. The zero-order valence-corrected chi connectivity index (χ0v) is 12.2. The number of carbonyl (C=O) groups excluding carboxylic acids is 1. The number of hydrogen-bond acceptors (Lipinski definition) is 3. The lowest BCUT2D eigenvalue weighted by Crippen LogP contribution is -2.25. The van der Waals surface area contributed by atoms with Crippen molar-refractivity contribution in [3.8, 4) is 0 Å². The number of halogens is 1. The Kier molecular flexibility index (Phi) is 6.21. The minimum Gasteiger partial charge on any atom is -0.352 e. The molecule has 0 atom stereocenters. The van der Waals surface area contributed by atoms with Crippen molar-refractivity contribution < 1.29 is 4.79 Å². The lowest BCUT2D eigenvalue weighted by Gasteiger charge is -2.05. The van der Waals surface area contributed by atoms with E-state index >= 15 is 0 Å². The molecular formula is C14H19ClN4O. The van der Waals surface area contributed by atoms with Gasteiger partial charge in [-0.15, -0.1) is 12.4 Å². The predicted octanol–water partition coefficient (Wildman–Crippen LogP) is 1.27. The highest BCUT2D eigenvalue weighted by Gasteiger charge is 2.04. The van der Waals surface area contributed by atoms with E-state index in [0.717, 1.165) is 17.5 Å². The first-order chi connectivity index (χ1) is 9.19. The molecule has 5 nitrogen and oxygen atoms in total. The van der Waals surface area contributed by atoms with E-state index in [1.165, 1.54) is 0 Å². The molecule has 0 radical (unpaired) electrons. The van der Waals surface area contributed by atoms with Crippen LogP contribution in [0.2, 0.25) is 0 Å². The Morgan fingerprint density at radius 2 is 2.00 bits per heavy atom. The fourth-order valence-corrected chi connectivity index (χ4v) is 1.82. The Bertz CT molecular complexity index is 551. The highest BCUT2D eigenvalue weighted by molar-refractivity contribution is 5.94. The third-order valence-electron chi connectivity index (χ3n) is 2.91. The lowest BCUT2D eigenvalue weighted by atomic mass is 10.1. The van der Waals surface area contributed by atoms with Gasteiger partial charge in [-0.2, -0.15) is 5.10 Å². The van der Waals surface area contributed by atoms with Crippen molar-refractivity contribution in [3.63, 3.8) is 0 Å². The van der Waals surface area contributed by atoms with Crippen LogP contribution in [-0.4, -0.2) is 22.2 Å². The molecular weight excluding hydrogens is 276 g/mol. The van der Waals surface area contributed by atoms with E-state index in [4.69, 9.17) is 5.73 Å². The van der Waals surface area contributed by atoms with Crippen molar-refractivity contribution in [1.82, 2.24) is 15.1 Å². The van der Waals surface area contributed by atoms with Crippen LogP contribution in [0.5, 0.6) is 0 Å². The second-order valence-electron chi connectivity index (χ2n) is 4.43. The van der Waals surface area contributed by atoms with Crippen LogP contribution < -0.4 is 11.1 Å². The number of aromatic nitrogens is 2. The average molecular weight is 295 g/mol. The number of amides is 1. The van der Waals surface area contributed by atoms with E-state index in [2.05, 4.69) is 10.4 Å². The van der Waals surface area contributed by atoms with Crippen molar-refractivity contribution >= 4 is 18.3 Å². The lowest BCUT2D eigenvalue weighted by molar-refractivity contribution is 0.0954. The van der Waals surface area contributed by atoms with Crippen LogP contribution in [0, 0.1) is 0 Å². The zero-order chi connectivity index (χ0) is 13.7. The van der Waals surface area contributed by atoms with Crippen molar-refractivity contribution in [2.45, 2.75) is 13.0 Å². The van der Waals surface area contributed by atoms with Crippen LogP contribution in [0.15, 0.2) is 36.7 Å². The summed E-state index contributed by atoms with van der Waals surface area (Å²) in [5.41, 5.74) is 8.30. The zero-order valence-electron chi connectivity index (χ0n) is 11.4. The minimum atomic E-state index is -0.0625. The molecule has 1 aromatic heterocycles. The van der Waals surface area contributed by atoms with Gasteiger partial charge in [0, 0.05) is 31.9 Å². The summed E-state index contributed by atoms with van der Waals surface area (Å²) in [6.07, 6.45) is 4.53. The summed E-state index contributed by atoms with van der Waals surface area (Å²) in [7, 11) is 1.88. The van der Waals surface area contributed by atoms with Gasteiger partial charge in [0.05, 0.1) is 6.20 Å². The van der Waals surface area contributed by atoms with Crippen molar-refractivity contribution in [2.24, 2.45) is 12.8 Å². The fraction of sp³-hybridized carbons (Fsp3) is 0.286. The molecule has 0 bridgehead atoms. The minimum absolute atomic E-state index is 0. The van der Waals surface area contributed by atoms with Gasteiger partial charge in [0.25, 0.3) is 5.91 Å². The topological polar surface area (TPSA) is 72.9 Å². The monoisotopic (exact) mass is 294 g/mol. The van der Waals surface area contributed by atoms with E-state index in [0.29, 0.717) is 18.7 Å². The van der Waals surface area contributed by atoms with Gasteiger partial charge in [0.15, 0.2) is 0 Å². The molecule has 0 aliphatic rings. The highest BCUT2D eigenvalue weighted by Crippen LogP contribution is 2.04. The maximum absolute atomic E-state index is 11.9. The van der Waals surface area contributed by atoms with Gasteiger partial charge in [0.2, 0.25) is 0 Å². The number of carbonyl (C=O) groups is 1. The molecule has 0 unspecified atom stereocenters. The number of nitrogens with two attached hydrogens (primary N) is 1. The van der Waals surface area contributed by atoms with E-state index < -0.39 is 0 Å². The number of nitrogens with one attached hydrogen (secondary N) is 1. The maximum atomic E-state index is 11.9. The van der Waals surface area contributed by atoms with Crippen LogP contribution in [0.25, 0.3) is 0 Å². The molecule has 0 aliphatic heterocycles. The summed E-state index contributed by atoms with van der Waals surface area (Å²) >= 11 is 0. The quantitative estimate of drug-likeness (QED) is 0.872. The Labute approximate surface area is 124 Å². The molecule has 1 heterocycles. The molecule has 0 fully saturated rings. The second-order valence-corrected chi connectivity index (χ2v) is 4.43. The average Bonchev–Trinajstić information content (AvgIpc) is 2.84. The summed E-state index contributed by atoms with van der Waals surface area (Å²) in [5.74, 6) is -0.0625. The summed E-state index contributed by atoms with van der Waals surface area (Å²) in [5, 5.41) is 6.97. The fourth-order valence-electron chi connectivity index (χ4n) is 1.82. The molecule has 2 aromatic rings. The van der Waals surface area contributed by atoms with E-state index in [-0.39, 0.29) is 18.3 Å². The predicted molar refractivity (Wildman–Crippen MR) is 80.8 cm³/mol. The van der Waals surface area contributed by atoms with Gasteiger partial charge in [0.1, 0.15) is 0 Å². The normalized spacial score (nSPS) is 9.90. The highest BCUT2D eigenvalue weighted by atomic mass is 35.5. The molecule has 108 valence electrons. The second kappa shape index (κ2) is 7.67. The molecule has 0 saturated heterocycles. The van der Waals surface area contributed by atoms with Crippen molar-refractivity contribution in [2.75, 3.05) is 6.54 Å². The van der Waals surface area contributed by atoms with Crippen molar-refractivity contribution in [1.29, 1.82) is 0 Å².